The van der Waals surface area contributed by atoms with Gasteiger partial charge < -0.3 is 9.80 Å². The van der Waals surface area contributed by atoms with Crippen LogP contribution in [0.25, 0.3) is 0 Å². The molecule has 0 N–H and O–H groups in total. The molecular weight excluding hydrogens is 352 g/mol. The fourth-order valence-corrected chi connectivity index (χ4v) is 4.10. The number of hydrogen-bond donors (Lipinski definition) is 0. The highest BCUT2D eigenvalue weighted by Crippen LogP contribution is 2.27. The smallest absolute Gasteiger partial charge is 0.266 e. The summed E-state index contributed by atoms with van der Waals surface area (Å²) in [6, 6.07) is 5.89. The minimum Gasteiger partial charge on any atom is -0.350 e. The summed E-state index contributed by atoms with van der Waals surface area (Å²) in [7, 11) is 2.14. The Bertz CT molecular complexity index is 916. The predicted molar refractivity (Wildman–Crippen MR) is 110 cm³/mol. The zero-order valence-corrected chi connectivity index (χ0v) is 17.4. The molecule has 7 nitrogen and oxygen atoms in total. The number of rotatable bonds is 3. The molecule has 4 rings (SSSR count). The maximum absolute atomic E-state index is 12.4. The quantitative estimate of drug-likeness (QED) is 0.809. The third-order valence-corrected chi connectivity index (χ3v) is 5.81. The Morgan fingerprint density at radius 3 is 2.79 bits per heavy atom. The van der Waals surface area contributed by atoms with Gasteiger partial charge in [-0.25, -0.2) is 4.68 Å². The largest absolute Gasteiger partial charge is 0.350 e. The molecule has 0 saturated carbocycles. The van der Waals surface area contributed by atoms with Crippen molar-refractivity contribution in [2.75, 3.05) is 25.0 Å². The van der Waals surface area contributed by atoms with E-state index in [1.54, 1.807) is 10.7 Å². The molecule has 1 saturated heterocycles. The van der Waals surface area contributed by atoms with Crippen LogP contribution in [0.1, 0.15) is 50.6 Å². The number of nitrogens with zero attached hydrogens (tertiary/aromatic N) is 6. The van der Waals surface area contributed by atoms with E-state index in [0.717, 1.165) is 56.1 Å². The average Bonchev–Trinajstić information content (AvgIpc) is 3.10. The molecule has 2 aromatic rings. The fraction of sp³-hybridized carbons (Fsp3) is 0.619. The van der Waals surface area contributed by atoms with Crippen molar-refractivity contribution in [3.05, 3.63) is 45.5 Å². The zero-order valence-electron chi connectivity index (χ0n) is 17.4. The number of anilines is 1. The van der Waals surface area contributed by atoms with Crippen LogP contribution in [0.15, 0.2) is 23.0 Å². The van der Waals surface area contributed by atoms with Crippen molar-refractivity contribution < 1.29 is 0 Å². The van der Waals surface area contributed by atoms with Crippen LogP contribution in [-0.2, 0) is 24.9 Å². The molecule has 2 aliphatic heterocycles. The fourth-order valence-electron chi connectivity index (χ4n) is 4.10. The molecule has 0 aliphatic carbocycles. The van der Waals surface area contributed by atoms with E-state index in [1.165, 1.54) is 5.56 Å². The van der Waals surface area contributed by atoms with E-state index in [0.29, 0.717) is 6.54 Å². The minimum atomic E-state index is -0.0825. The van der Waals surface area contributed by atoms with Gasteiger partial charge in [-0.1, -0.05) is 20.8 Å². The van der Waals surface area contributed by atoms with E-state index in [-0.39, 0.29) is 17.0 Å². The molecule has 0 spiro atoms. The Balaban J connectivity index is 1.58. The molecule has 1 atom stereocenters. The molecular formula is C21H30N6O. The lowest BCUT2D eigenvalue weighted by Gasteiger charge is -2.29. The van der Waals surface area contributed by atoms with Crippen LogP contribution in [0, 0.1) is 0 Å². The third kappa shape index (κ3) is 3.81. The molecule has 1 unspecified atom stereocenters. The van der Waals surface area contributed by atoms with Gasteiger partial charge in [0, 0.05) is 37.5 Å². The second kappa shape index (κ2) is 7.28. The van der Waals surface area contributed by atoms with Gasteiger partial charge in [0.15, 0.2) is 5.82 Å². The molecule has 7 heteroatoms. The van der Waals surface area contributed by atoms with Crippen LogP contribution in [0.2, 0.25) is 0 Å². The molecule has 0 amide bonds. The lowest BCUT2D eigenvalue weighted by molar-refractivity contribution is 0.308. The Morgan fingerprint density at radius 2 is 2.00 bits per heavy atom. The SMILES string of the molecule is CN1CCc2nnc(N3CCCC3Cn3nc(C(C)(C)C)ccc3=O)cc2C1. The van der Waals surface area contributed by atoms with Gasteiger partial charge in [-0.05, 0) is 37.6 Å². The predicted octanol–water partition coefficient (Wildman–Crippen LogP) is 1.99. The second-order valence-corrected chi connectivity index (χ2v) is 9.14. The number of aromatic nitrogens is 4. The van der Waals surface area contributed by atoms with Gasteiger partial charge in [-0.15, -0.1) is 5.10 Å². The summed E-state index contributed by atoms with van der Waals surface area (Å²) in [5.74, 6) is 0.927. The third-order valence-electron chi connectivity index (χ3n) is 5.81. The minimum absolute atomic E-state index is 0.0435. The molecule has 28 heavy (non-hydrogen) atoms. The Hall–Kier alpha value is -2.28. The highest BCUT2D eigenvalue weighted by atomic mass is 16.1. The van der Waals surface area contributed by atoms with Crippen molar-refractivity contribution in [1.82, 2.24) is 24.9 Å². The molecule has 150 valence electrons. The Kier molecular flexibility index (Phi) is 4.95. The molecule has 0 aromatic carbocycles. The standard InChI is InChI=1S/C21H30N6O/c1-21(2,3)18-7-8-20(28)27(24-18)14-16-6-5-10-26(16)19-12-15-13-25(4)11-9-17(15)22-23-19/h7-8,12,16H,5-6,9-11,13-14H2,1-4H3. The molecule has 0 bridgehead atoms. The lowest BCUT2D eigenvalue weighted by Crippen LogP contribution is -2.38. The van der Waals surface area contributed by atoms with Gasteiger partial charge in [0.05, 0.1) is 24.0 Å². The van der Waals surface area contributed by atoms with Crippen molar-refractivity contribution in [2.45, 2.75) is 64.6 Å². The van der Waals surface area contributed by atoms with Crippen molar-refractivity contribution >= 4 is 5.82 Å². The van der Waals surface area contributed by atoms with Crippen molar-refractivity contribution in [1.29, 1.82) is 0 Å². The van der Waals surface area contributed by atoms with Gasteiger partial charge in [-0.2, -0.15) is 10.2 Å². The van der Waals surface area contributed by atoms with Crippen LogP contribution in [0.4, 0.5) is 5.82 Å². The van der Waals surface area contributed by atoms with Crippen LogP contribution in [0.3, 0.4) is 0 Å². The summed E-state index contributed by atoms with van der Waals surface area (Å²) >= 11 is 0. The molecule has 1 fully saturated rings. The van der Waals surface area contributed by atoms with Gasteiger partial charge in [0.1, 0.15) is 0 Å². The van der Waals surface area contributed by atoms with E-state index in [2.05, 4.69) is 59.0 Å². The molecule has 2 aromatic heterocycles. The summed E-state index contributed by atoms with van der Waals surface area (Å²) in [6.07, 6.45) is 3.09. The lowest BCUT2D eigenvalue weighted by atomic mass is 9.92. The van der Waals surface area contributed by atoms with Gasteiger partial charge >= 0.3 is 0 Å². The summed E-state index contributed by atoms with van der Waals surface area (Å²) in [4.78, 5) is 17.0. The van der Waals surface area contributed by atoms with Gasteiger partial charge in [0.2, 0.25) is 0 Å². The van der Waals surface area contributed by atoms with E-state index in [1.807, 2.05) is 6.07 Å². The molecule has 2 aliphatic rings. The number of hydrogen-bond acceptors (Lipinski definition) is 6. The zero-order chi connectivity index (χ0) is 19.9. The first kappa shape index (κ1) is 19.1. The topological polar surface area (TPSA) is 67.2 Å². The van der Waals surface area contributed by atoms with Gasteiger partial charge in [0.25, 0.3) is 5.56 Å². The van der Waals surface area contributed by atoms with Crippen molar-refractivity contribution in [3.63, 3.8) is 0 Å². The summed E-state index contributed by atoms with van der Waals surface area (Å²) < 4.78 is 1.63. The van der Waals surface area contributed by atoms with Crippen LogP contribution < -0.4 is 10.5 Å². The maximum Gasteiger partial charge on any atom is 0.266 e. The first-order valence-electron chi connectivity index (χ1n) is 10.2. The second-order valence-electron chi connectivity index (χ2n) is 9.14. The van der Waals surface area contributed by atoms with Gasteiger partial charge in [-0.3, -0.25) is 4.79 Å². The average molecular weight is 383 g/mol. The summed E-state index contributed by atoms with van der Waals surface area (Å²) in [5.41, 5.74) is 3.20. The molecule has 4 heterocycles. The highest BCUT2D eigenvalue weighted by Gasteiger charge is 2.28. The van der Waals surface area contributed by atoms with E-state index >= 15 is 0 Å². The first-order valence-corrected chi connectivity index (χ1v) is 10.2. The summed E-state index contributed by atoms with van der Waals surface area (Å²) in [6.45, 7) is 9.84. The van der Waals surface area contributed by atoms with Crippen LogP contribution >= 0.6 is 0 Å². The molecule has 0 radical (unpaired) electrons. The number of fused-ring (bicyclic) bond motifs is 1. The van der Waals surface area contributed by atoms with Crippen LogP contribution in [0.5, 0.6) is 0 Å². The van der Waals surface area contributed by atoms with Crippen molar-refractivity contribution in [2.24, 2.45) is 0 Å². The normalized spacial score (nSPS) is 20.4. The highest BCUT2D eigenvalue weighted by molar-refractivity contribution is 5.44. The maximum atomic E-state index is 12.4. The Labute approximate surface area is 166 Å². The van der Waals surface area contributed by atoms with E-state index < -0.39 is 0 Å². The summed E-state index contributed by atoms with van der Waals surface area (Å²) in [5, 5.41) is 13.7. The van der Waals surface area contributed by atoms with Crippen LogP contribution in [-0.4, -0.2) is 51.1 Å². The Morgan fingerprint density at radius 1 is 1.18 bits per heavy atom. The van der Waals surface area contributed by atoms with E-state index in [9.17, 15) is 4.79 Å². The first-order chi connectivity index (χ1) is 13.3. The van der Waals surface area contributed by atoms with Crippen molar-refractivity contribution in [3.8, 4) is 0 Å². The monoisotopic (exact) mass is 382 g/mol. The number of likely N-dealkylation sites (N-methyl/N-ethyl adjacent to an activating group) is 1. The van der Waals surface area contributed by atoms with E-state index in [4.69, 9.17) is 0 Å².